The van der Waals surface area contributed by atoms with Crippen LogP contribution in [0.15, 0.2) is 30.5 Å². The van der Waals surface area contributed by atoms with Crippen LogP contribution in [0.4, 0.5) is 46.1 Å². The normalized spacial score (nSPS) is 27.1. The van der Waals surface area contributed by atoms with E-state index in [1.54, 1.807) is 11.8 Å². The lowest BCUT2D eigenvalue weighted by molar-refractivity contribution is -0.340. The quantitative estimate of drug-likeness (QED) is 0.205. The molecular weight excluding hydrogens is 819 g/mol. The van der Waals surface area contributed by atoms with Gasteiger partial charge in [-0.2, -0.15) is 9.97 Å². The number of ether oxygens (including phenoxy) is 4. The third kappa shape index (κ3) is 8.15. The lowest BCUT2D eigenvalue weighted by Crippen LogP contribution is -2.60. The second-order valence-corrected chi connectivity index (χ2v) is 16.9. The van der Waals surface area contributed by atoms with Crippen molar-refractivity contribution in [2.24, 2.45) is 0 Å². The molecule has 5 atom stereocenters. The number of nitrogens with one attached hydrogen (secondary N) is 1. The van der Waals surface area contributed by atoms with Gasteiger partial charge < -0.3 is 29.3 Å². The van der Waals surface area contributed by atoms with Gasteiger partial charge in [-0.05, 0) is 80.1 Å². The lowest BCUT2D eigenvalue weighted by Gasteiger charge is -2.42. The number of alkyl carbamates (subject to hydrolysis) is 1. The number of likely N-dealkylation sites (tertiary alicyclic amines) is 1. The van der Waals surface area contributed by atoms with E-state index >= 15 is 13.2 Å². The number of amides is 2. The highest BCUT2D eigenvalue weighted by atomic mass is 19.4. The van der Waals surface area contributed by atoms with E-state index in [0.29, 0.717) is 18.4 Å². The van der Waals surface area contributed by atoms with Crippen molar-refractivity contribution in [3.63, 3.8) is 0 Å². The number of piperidine rings is 1. The Balaban J connectivity index is 1.17. The van der Waals surface area contributed by atoms with Crippen LogP contribution in [0, 0.1) is 11.6 Å². The molecule has 6 aliphatic rings. The van der Waals surface area contributed by atoms with Crippen molar-refractivity contribution in [3.8, 4) is 23.0 Å². The number of anilines is 1. The van der Waals surface area contributed by atoms with Crippen LogP contribution in [0.25, 0.3) is 32.9 Å². The summed E-state index contributed by atoms with van der Waals surface area (Å²) in [6.45, 7) is 1.77. The average Bonchev–Trinajstić information content (AvgIpc) is 3.89. The van der Waals surface area contributed by atoms with E-state index in [9.17, 15) is 27.2 Å². The van der Waals surface area contributed by atoms with Crippen LogP contribution in [0.2, 0.25) is 0 Å². The molecule has 0 spiro atoms. The lowest BCUT2D eigenvalue weighted by atomic mass is 9.90. The SMILES string of the molecule is C[C@@]12C[C@@H](F)CN(C1)c1nc(OC[C@@]34CCCN3C[C@H](F)C4)nc3c(F)c(ncc13)-c1cc(OC(=O)N3CCC(OC(F)(F)F)C3)cc3ccc(F)c(c13)CCCOC(=O)N2. The third-order valence-electron chi connectivity index (χ3n) is 12.3. The monoisotopic (exact) mass is 861 g/mol. The predicted octanol–water partition coefficient (Wildman–Crippen LogP) is 7.17. The highest BCUT2D eigenvalue weighted by Crippen LogP contribution is 2.43. The number of carbonyl (C=O) groups excluding carboxylic acids is 2. The average molecular weight is 862 g/mol. The Bertz CT molecular complexity index is 2390. The van der Waals surface area contributed by atoms with Crippen molar-refractivity contribution in [2.75, 3.05) is 57.4 Å². The van der Waals surface area contributed by atoms with Gasteiger partial charge in [-0.1, -0.05) is 6.07 Å². The first-order chi connectivity index (χ1) is 29.1. The summed E-state index contributed by atoms with van der Waals surface area (Å²) in [6, 6.07) is 5.00. The summed E-state index contributed by atoms with van der Waals surface area (Å²) >= 11 is 0. The summed E-state index contributed by atoms with van der Waals surface area (Å²) in [5.74, 6) is -1.75. The van der Waals surface area contributed by atoms with Crippen LogP contribution < -0.4 is 19.7 Å². The van der Waals surface area contributed by atoms with E-state index in [4.69, 9.17) is 14.2 Å². The van der Waals surface area contributed by atoms with Crippen molar-refractivity contribution in [1.29, 1.82) is 0 Å². The Morgan fingerprint density at radius 3 is 2.69 bits per heavy atom. The van der Waals surface area contributed by atoms with Gasteiger partial charge in [0.05, 0.1) is 42.3 Å². The number of hydrogen-bond donors (Lipinski definition) is 1. The first kappa shape index (κ1) is 41.1. The minimum Gasteiger partial charge on any atom is -0.461 e. The minimum atomic E-state index is -4.90. The topological polar surface area (TPSA) is 131 Å². The molecule has 1 N–H and O–H groups in total. The Labute approximate surface area is 344 Å². The molecule has 2 aromatic heterocycles. The number of alkyl halides is 5. The maximum Gasteiger partial charge on any atom is 0.522 e. The van der Waals surface area contributed by atoms with E-state index in [1.165, 1.54) is 30.5 Å². The molecule has 1 unspecified atom stereocenters. The zero-order chi connectivity index (χ0) is 42.8. The van der Waals surface area contributed by atoms with Gasteiger partial charge in [-0.25, -0.2) is 27.2 Å². The van der Waals surface area contributed by atoms with Gasteiger partial charge >= 0.3 is 24.6 Å². The Morgan fingerprint density at radius 2 is 1.87 bits per heavy atom. The number of aromatic nitrogens is 3. The number of hydrogen-bond acceptors (Lipinski definition) is 11. The molecule has 4 fully saturated rings. The molecule has 8 heterocycles. The number of carbonyl (C=O) groups is 2. The van der Waals surface area contributed by atoms with Gasteiger partial charge in [-0.3, -0.25) is 14.6 Å². The van der Waals surface area contributed by atoms with Gasteiger partial charge in [0.25, 0.3) is 0 Å². The van der Waals surface area contributed by atoms with Crippen molar-refractivity contribution in [3.05, 3.63) is 47.7 Å². The van der Waals surface area contributed by atoms with Crippen LogP contribution in [-0.2, 0) is 15.9 Å². The molecule has 0 radical (unpaired) electrons. The molecule has 4 aromatic rings. The molecule has 10 rings (SSSR count). The van der Waals surface area contributed by atoms with Crippen LogP contribution >= 0.6 is 0 Å². The number of halogens is 7. The zero-order valence-electron chi connectivity index (χ0n) is 33.0. The smallest absolute Gasteiger partial charge is 0.461 e. The summed E-state index contributed by atoms with van der Waals surface area (Å²) in [4.78, 5) is 44.7. The van der Waals surface area contributed by atoms with Crippen molar-refractivity contribution >= 4 is 39.7 Å². The second kappa shape index (κ2) is 15.6. The first-order valence-corrected chi connectivity index (χ1v) is 20.2. The number of fused-ring (bicyclic) bond motifs is 7. The molecule has 2 aromatic carbocycles. The third-order valence-corrected chi connectivity index (χ3v) is 12.3. The van der Waals surface area contributed by atoms with Crippen LogP contribution in [0.1, 0.15) is 51.0 Å². The molecule has 61 heavy (non-hydrogen) atoms. The molecule has 4 saturated heterocycles. The molecule has 0 saturated carbocycles. The Hall–Kier alpha value is -5.24. The molecule has 2 amide bonds. The van der Waals surface area contributed by atoms with E-state index in [1.807, 2.05) is 4.90 Å². The molecular formula is C41H42F7N7O6. The van der Waals surface area contributed by atoms with Crippen molar-refractivity contribution in [2.45, 2.75) is 87.8 Å². The van der Waals surface area contributed by atoms with Gasteiger partial charge in [-0.15, -0.1) is 13.2 Å². The summed E-state index contributed by atoms with van der Waals surface area (Å²) in [6.07, 6.45) is -7.56. The van der Waals surface area contributed by atoms with E-state index in [2.05, 4.69) is 25.0 Å². The van der Waals surface area contributed by atoms with E-state index in [-0.39, 0.29) is 122 Å². The largest absolute Gasteiger partial charge is 0.522 e. The minimum absolute atomic E-state index is 0.00441. The molecule has 6 aliphatic heterocycles. The highest BCUT2D eigenvalue weighted by molar-refractivity contribution is 6.02. The van der Waals surface area contributed by atoms with E-state index < -0.39 is 66.3 Å². The van der Waals surface area contributed by atoms with Crippen LogP contribution in [0.5, 0.6) is 11.8 Å². The van der Waals surface area contributed by atoms with Crippen LogP contribution in [-0.4, -0.2) is 125 Å². The standard InChI is InChI=1S/C41H42F7N7O6/c1-39-14-23(42)17-54(20-39)35-29-16-49-33(32(45)34(29)50-36(51-35)59-21-40-8-3-9-55(40)18-24(43)15-40)28-13-26(60-38(57)53-10-7-25(19-53)61-41(46,47)48)12-22-5-6-30(44)27(31(22)28)4-2-11-58-37(56)52-39/h5-6,12-13,16,23-25H,2-4,7-11,14-15,17-21H2,1H3,(H,52,56)/t23-,24-,25?,39-,40+/m1/s1. The van der Waals surface area contributed by atoms with Crippen molar-refractivity contribution in [1.82, 2.24) is 30.1 Å². The summed E-state index contributed by atoms with van der Waals surface area (Å²) in [5.41, 5.74) is -2.34. The van der Waals surface area contributed by atoms with E-state index in [0.717, 1.165) is 11.3 Å². The number of nitrogens with zero attached hydrogens (tertiary/aromatic N) is 6. The molecule has 20 heteroatoms. The number of pyridine rings is 1. The number of rotatable bonds is 5. The van der Waals surface area contributed by atoms with Gasteiger partial charge in [0.1, 0.15) is 47.5 Å². The maximum absolute atomic E-state index is 17.5. The van der Waals surface area contributed by atoms with Gasteiger partial charge in [0, 0.05) is 44.2 Å². The summed E-state index contributed by atoms with van der Waals surface area (Å²) < 4.78 is 124. The van der Waals surface area contributed by atoms with Crippen molar-refractivity contribution < 1.29 is 59.3 Å². The fraction of sp³-hybridized carbons (Fsp3) is 0.537. The molecule has 13 nitrogen and oxygen atoms in total. The number of aryl methyl sites for hydroxylation is 1. The molecule has 0 aliphatic carbocycles. The summed E-state index contributed by atoms with van der Waals surface area (Å²) in [5, 5.41) is 3.32. The molecule has 6 bridgehead atoms. The number of benzene rings is 2. The Kier molecular flexibility index (Phi) is 10.5. The maximum atomic E-state index is 17.5. The zero-order valence-corrected chi connectivity index (χ0v) is 33.0. The van der Waals surface area contributed by atoms with Gasteiger partial charge in [0.2, 0.25) is 0 Å². The fourth-order valence-corrected chi connectivity index (χ4v) is 9.78. The van der Waals surface area contributed by atoms with Gasteiger partial charge in [0.15, 0.2) is 5.82 Å². The fourth-order valence-electron chi connectivity index (χ4n) is 9.78. The summed E-state index contributed by atoms with van der Waals surface area (Å²) in [7, 11) is 0. The predicted molar refractivity (Wildman–Crippen MR) is 205 cm³/mol. The second-order valence-electron chi connectivity index (χ2n) is 16.9. The molecule has 326 valence electrons. The first-order valence-electron chi connectivity index (χ1n) is 20.2. The highest BCUT2D eigenvalue weighted by Gasteiger charge is 2.49. The van der Waals surface area contributed by atoms with Crippen LogP contribution in [0.3, 0.4) is 0 Å². The Morgan fingerprint density at radius 1 is 1.05 bits per heavy atom.